The van der Waals surface area contributed by atoms with Crippen molar-refractivity contribution in [2.24, 2.45) is 5.92 Å². The van der Waals surface area contributed by atoms with Crippen molar-refractivity contribution in [1.29, 1.82) is 0 Å². The van der Waals surface area contributed by atoms with Crippen molar-refractivity contribution in [3.63, 3.8) is 0 Å². The zero-order chi connectivity index (χ0) is 9.56. The summed E-state index contributed by atoms with van der Waals surface area (Å²) in [5, 5.41) is 11.0. The van der Waals surface area contributed by atoms with Gasteiger partial charge in [-0.2, -0.15) is 0 Å². The van der Waals surface area contributed by atoms with E-state index in [0.29, 0.717) is 6.54 Å². The highest BCUT2D eigenvalue weighted by atomic mass is 16.4. The van der Waals surface area contributed by atoms with Gasteiger partial charge in [0, 0.05) is 12.5 Å². The van der Waals surface area contributed by atoms with Crippen LogP contribution in [0.15, 0.2) is 0 Å². The van der Waals surface area contributed by atoms with Crippen LogP contribution in [0.3, 0.4) is 0 Å². The maximum absolute atomic E-state index is 11.1. The number of carboxylic acids is 1. The Morgan fingerprint density at radius 2 is 2.08 bits per heavy atom. The third-order valence-electron chi connectivity index (χ3n) is 1.48. The standard InChI is InChI=1S/C8H15NO3/c1-3-4-9-8(12)6(2)5-7(10)11/h6H,3-5H2,1-2H3,(H,9,12)(H,10,11). The van der Waals surface area contributed by atoms with Crippen molar-refractivity contribution in [2.45, 2.75) is 26.7 Å². The van der Waals surface area contributed by atoms with Crippen LogP contribution in [-0.2, 0) is 9.59 Å². The summed E-state index contributed by atoms with van der Waals surface area (Å²) in [7, 11) is 0. The van der Waals surface area contributed by atoms with Crippen LogP contribution in [0.5, 0.6) is 0 Å². The molecule has 0 rings (SSSR count). The van der Waals surface area contributed by atoms with Gasteiger partial charge in [-0.3, -0.25) is 9.59 Å². The lowest BCUT2D eigenvalue weighted by atomic mass is 10.1. The molecule has 0 saturated heterocycles. The zero-order valence-electron chi connectivity index (χ0n) is 7.46. The zero-order valence-corrected chi connectivity index (χ0v) is 7.46. The van der Waals surface area contributed by atoms with Gasteiger partial charge in [0.25, 0.3) is 0 Å². The molecular weight excluding hydrogens is 158 g/mol. The SMILES string of the molecule is CCCNC(=O)C(C)CC(=O)O. The number of hydrogen-bond acceptors (Lipinski definition) is 2. The molecule has 4 heteroatoms. The third kappa shape index (κ3) is 4.71. The number of rotatable bonds is 5. The van der Waals surface area contributed by atoms with E-state index < -0.39 is 11.9 Å². The van der Waals surface area contributed by atoms with E-state index in [1.54, 1.807) is 6.92 Å². The van der Waals surface area contributed by atoms with Crippen LogP contribution in [0, 0.1) is 5.92 Å². The number of amides is 1. The Morgan fingerprint density at radius 3 is 2.50 bits per heavy atom. The summed E-state index contributed by atoms with van der Waals surface area (Å²) in [5.74, 6) is -1.55. The van der Waals surface area contributed by atoms with Crippen molar-refractivity contribution in [2.75, 3.05) is 6.54 Å². The van der Waals surface area contributed by atoms with E-state index in [1.807, 2.05) is 6.92 Å². The van der Waals surface area contributed by atoms with Crippen molar-refractivity contribution in [1.82, 2.24) is 5.32 Å². The molecule has 0 aliphatic rings. The van der Waals surface area contributed by atoms with E-state index in [-0.39, 0.29) is 12.3 Å². The average Bonchev–Trinajstić information content (AvgIpc) is 1.98. The Labute approximate surface area is 72.0 Å². The molecule has 0 aromatic heterocycles. The molecule has 0 aliphatic carbocycles. The van der Waals surface area contributed by atoms with Gasteiger partial charge in [0.15, 0.2) is 0 Å². The minimum Gasteiger partial charge on any atom is -0.481 e. The molecule has 2 N–H and O–H groups in total. The average molecular weight is 173 g/mol. The monoisotopic (exact) mass is 173 g/mol. The fraction of sp³-hybridized carbons (Fsp3) is 0.750. The summed E-state index contributed by atoms with van der Waals surface area (Å²) in [6, 6.07) is 0. The van der Waals surface area contributed by atoms with Crippen molar-refractivity contribution in [3.05, 3.63) is 0 Å². The Morgan fingerprint density at radius 1 is 1.50 bits per heavy atom. The molecule has 1 amide bonds. The van der Waals surface area contributed by atoms with Crippen LogP contribution in [0.2, 0.25) is 0 Å². The number of hydrogen-bond donors (Lipinski definition) is 2. The molecule has 70 valence electrons. The van der Waals surface area contributed by atoms with E-state index in [1.165, 1.54) is 0 Å². The summed E-state index contributed by atoms with van der Waals surface area (Å²) in [4.78, 5) is 21.3. The summed E-state index contributed by atoms with van der Waals surface area (Å²) >= 11 is 0. The largest absolute Gasteiger partial charge is 0.481 e. The molecule has 0 aromatic carbocycles. The molecule has 0 heterocycles. The summed E-state index contributed by atoms with van der Waals surface area (Å²) < 4.78 is 0. The number of carbonyl (C=O) groups is 2. The Kier molecular flexibility index (Phi) is 5.08. The highest BCUT2D eigenvalue weighted by Crippen LogP contribution is 2.00. The smallest absolute Gasteiger partial charge is 0.304 e. The molecular formula is C8H15NO3. The molecule has 1 unspecified atom stereocenters. The number of carboxylic acid groups (broad SMARTS) is 1. The molecule has 0 bridgehead atoms. The first-order valence-electron chi connectivity index (χ1n) is 4.07. The van der Waals surface area contributed by atoms with Gasteiger partial charge in [-0.25, -0.2) is 0 Å². The van der Waals surface area contributed by atoms with Gasteiger partial charge in [0.05, 0.1) is 6.42 Å². The number of carbonyl (C=O) groups excluding carboxylic acids is 1. The minimum absolute atomic E-state index is 0.102. The molecule has 4 nitrogen and oxygen atoms in total. The van der Waals surface area contributed by atoms with Crippen LogP contribution in [0.1, 0.15) is 26.7 Å². The van der Waals surface area contributed by atoms with Crippen molar-refractivity contribution >= 4 is 11.9 Å². The fourth-order valence-electron chi connectivity index (χ4n) is 0.777. The topological polar surface area (TPSA) is 66.4 Å². The summed E-state index contributed by atoms with van der Waals surface area (Å²) in [6.07, 6.45) is 0.765. The van der Waals surface area contributed by atoms with Gasteiger partial charge < -0.3 is 10.4 Å². The van der Waals surface area contributed by atoms with Crippen molar-refractivity contribution in [3.8, 4) is 0 Å². The second-order valence-electron chi connectivity index (χ2n) is 2.79. The molecule has 12 heavy (non-hydrogen) atoms. The van der Waals surface area contributed by atoms with E-state index >= 15 is 0 Å². The van der Waals surface area contributed by atoms with E-state index in [2.05, 4.69) is 5.32 Å². The van der Waals surface area contributed by atoms with Crippen LogP contribution in [0.25, 0.3) is 0 Å². The van der Waals surface area contributed by atoms with Gasteiger partial charge in [-0.15, -0.1) is 0 Å². The van der Waals surface area contributed by atoms with Gasteiger partial charge >= 0.3 is 5.97 Å². The normalized spacial score (nSPS) is 12.2. The van der Waals surface area contributed by atoms with Gasteiger partial charge in [0.2, 0.25) is 5.91 Å². The first-order chi connectivity index (χ1) is 5.57. The first-order valence-corrected chi connectivity index (χ1v) is 4.07. The maximum atomic E-state index is 11.1. The molecule has 0 fully saturated rings. The maximum Gasteiger partial charge on any atom is 0.304 e. The van der Waals surface area contributed by atoms with Crippen LogP contribution < -0.4 is 5.32 Å². The van der Waals surface area contributed by atoms with Gasteiger partial charge in [0.1, 0.15) is 0 Å². The van der Waals surface area contributed by atoms with Crippen LogP contribution in [-0.4, -0.2) is 23.5 Å². The van der Waals surface area contributed by atoms with Crippen molar-refractivity contribution < 1.29 is 14.7 Å². The minimum atomic E-state index is -0.936. The molecule has 1 atom stereocenters. The van der Waals surface area contributed by atoms with Crippen LogP contribution in [0.4, 0.5) is 0 Å². The highest BCUT2D eigenvalue weighted by Gasteiger charge is 2.14. The molecule has 0 spiro atoms. The van der Waals surface area contributed by atoms with E-state index in [0.717, 1.165) is 6.42 Å². The van der Waals surface area contributed by atoms with Gasteiger partial charge in [-0.1, -0.05) is 13.8 Å². The summed E-state index contributed by atoms with van der Waals surface area (Å²) in [6.45, 7) is 4.17. The fourth-order valence-corrected chi connectivity index (χ4v) is 0.777. The highest BCUT2D eigenvalue weighted by molar-refractivity contribution is 5.82. The molecule has 0 saturated carbocycles. The Hall–Kier alpha value is -1.06. The molecule has 0 aliphatic heterocycles. The predicted octanol–water partition coefficient (Wildman–Crippen LogP) is 0.623. The molecule has 0 aromatic rings. The number of aliphatic carboxylic acids is 1. The second kappa shape index (κ2) is 5.57. The lowest BCUT2D eigenvalue weighted by Gasteiger charge is -2.08. The lowest BCUT2D eigenvalue weighted by Crippen LogP contribution is -2.30. The first kappa shape index (κ1) is 10.9. The lowest BCUT2D eigenvalue weighted by molar-refractivity contribution is -0.140. The van der Waals surface area contributed by atoms with Gasteiger partial charge in [-0.05, 0) is 6.42 Å². The quantitative estimate of drug-likeness (QED) is 0.640. The molecule has 0 radical (unpaired) electrons. The number of nitrogens with one attached hydrogen (secondary N) is 1. The second-order valence-corrected chi connectivity index (χ2v) is 2.79. The third-order valence-corrected chi connectivity index (χ3v) is 1.48. The van der Waals surface area contributed by atoms with E-state index in [4.69, 9.17) is 5.11 Å². The predicted molar refractivity (Wildman–Crippen MR) is 44.7 cm³/mol. The summed E-state index contributed by atoms with van der Waals surface area (Å²) in [5.41, 5.74) is 0. The Balaban J connectivity index is 3.69. The van der Waals surface area contributed by atoms with Crippen LogP contribution >= 0.6 is 0 Å². The van der Waals surface area contributed by atoms with E-state index in [9.17, 15) is 9.59 Å². The Bertz CT molecular complexity index is 168.